The molecule has 0 fully saturated rings. The molecule has 0 saturated heterocycles. The quantitative estimate of drug-likeness (QED) is 0.133. The summed E-state index contributed by atoms with van der Waals surface area (Å²) < 4.78 is 0. The molecule has 0 spiro atoms. The highest BCUT2D eigenvalue weighted by Gasteiger charge is 2.18. The highest BCUT2D eigenvalue weighted by Crippen LogP contribution is 2.45. The number of benzene rings is 15. The molecule has 0 aliphatic carbocycles. The highest BCUT2D eigenvalue weighted by atomic mass is 14.2. The van der Waals surface area contributed by atoms with Gasteiger partial charge in [-0.1, -0.05) is 273 Å². The first kappa shape index (κ1) is 42.1. The van der Waals surface area contributed by atoms with Crippen LogP contribution in [0.2, 0.25) is 0 Å². The van der Waals surface area contributed by atoms with Gasteiger partial charge < -0.3 is 0 Å². The molecule has 15 aromatic rings. The predicted octanol–water partition coefficient (Wildman–Crippen LogP) is 20.8. The Morgan fingerprint density at radius 2 is 0.351 bits per heavy atom. The number of hydrogen-bond donors (Lipinski definition) is 0. The monoisotopic (exact) mass is 934 g/mol. The fourth-order valence-electron chi connectivity index (χ4n) is 12.1. The summed E-state index contributed by atoms with van der Waals surface area (Å²) in [5, 5.41) is 15.6. The Hall–Kier alpha value is -9.62. The Labute approximate surface area is 430 Å². The van der Waals surface area contributed by atoms with Crippen LogP contribution in [0.25, 0.3) is 154 Å². The lowest BCUT2D eigenvalue weighted by molar-refractivity contribution is 1.58. The van der Waals surface area contributed by atoms with Crippen molar-refractivity contribution >= 4 is 64.6 Å². The van der Waals surface area contributed by atoms with Gasteiger partial charge in [0.15, 0.2) is 0 Å². The third-order valence-corrected chi connectivity index (χ3v) is 15.9. The molecule has 0 N–H and O–H groups in total. The van der Waals surface area contributed by atoms with Crippen LogP contribution in [0.3, 0.4) is 0 Å². The topological polar surface area (TPSA) is 0 Å². The summed E-state index contributed by atoms with van der Waals surface area (Å²) in [5.41, 5.74) is 19.7. The van der Waals surface area contributed by atoms with Gasteiger partial charge in [0.2, 0.25) is 0 Å². The third kappa shape index (κ3) is 6.91. The van der Waals surface area contributed by atoms with Crippen LogP contribution in [-0.4, -0.2) is 0 Å². The zero-order chi connectivity index (χ0) is 48.7. The largest absolute Gasteiger partial charge is 0.0622 e. The predicted molar refractivity (Wildman–Crippen MR) is 317 cm³/mol. The lowest BCUT2D eigenvalue weighted by atomic mass is 9.86. The van der Waals surface area contributed by atoms with Gasteiger partial charge in [-0.25, -0.2) is 0 Å². The minimum absolute atomic E-state index is 1.20. The van der Waals surface area contributed by atoms with Crippen molar-refractivity contribution in [3.63, 3.8) is 0 Å². The van der Waals surface area contributed by atoms with E-state index >= 15 is 0 Å². The first-order chi connectivity index (χ1) is 36.7. The summed E-state index contributed by atoms with van der Waals surface area (Å²) in [6, 6.07) is 103. The summed E-state index contributed by atoms with van der Waals surface area (Å²) in [6.45, 7) is 0. The molecule has 0 aliphatic rings. The van der Waals surface area contributed by atoms with Gasteiger partial charge >= 0.3 is 0 Å². The lowest BCUT2D eigenvalue weighted by Gasteiger charge is -2.17. The molecule has 0 aliphatic heterocycles. The van der Waals surface area contributed by atoms with Crippen molar-refractivity contribution in [3.8, 4) is 89.0 Å². The number of rotatable bonds is 8. The maximum absolute atomic E-state index is 2.33. The summed E-state index contributed by atoms with van der Waals surface area (Å²) in [4.78, 5) is 0. The van der Waals surface area contributed by atoms with Crippen molar-refractivity contribution in [3.05, 3.63) is 279 Å². The first-order valence-corrected chi connectivity index (χ1v) is 25.7. The maximum atomic E-state index is 2.33. The van der Waals surface area contributed by atoms with Crippen molar-refractivity contribution in [2.45, 2.75) is 0 Å². The molecule has 0 atom stereocenters. The van der Waals surface area contributed by atoms with E-state index in [1.54, 1.807) is 0 Å². The Balaban J connectivity index is 0.719. The molecular weight excluding hydrogens is 889 g/mol. The average molecular weight is 935 g/mol. The molecule has 15 aromatic carbocycles. The maximum Gasteiger partial charge on any atom is -0.00203 e. The van der Waals surface area contributed by atoms with Gasteiger partial charge in [0.05, 0.1) is 0 Å². The molecule has 0 heteroatoms. The minimum atomic E-state index is 1.20. The Morgan fingerprint density at radius 1 is 0.135 bits per heavy atom. The van der Waals surface area contributed by atoms with E-state index in [0.717, 1.165) is 0 Å². The van der Waals surface area contributed by atoms with Crippen molar-refractivity contribution in [1.82, 2.24) is 0 Å². The standard InChI is InChI=1S/C74H46/c1-3-8-47(9-4-1)49-14-22-53(23-15-49)63-38-30-57-36-44-69-65(40-32-59-34-42-67(63)71(57)73(59)69)55-26-18-51(19-27-55)61-12-7-13-62(46-61)52-20-28-56(29-21-52)66-41-33-60-35-43-68-64(39-31-58-37-45-70(66)74(60)72(58)68)54-24-16-50(17-25-54)48-10-5-2-6-11-48/h1-46H. The zero-order valence-electron chi connectivity index (χ0n) is 40.6. The summed E-state index contributed by atoms with van der Waals surface area (Å²) in [5.74, 6) is 0. The fourth-order valence-corrected chi connectivity index (χ4v) is 12.1. The van der Waals surface area contributed by atoms with Crippen LogP contribution in [0.15, 0.2) is 279 Å². The third-order valence-electron chi connectivity index (χ3n) is 15.9. The van der Waals surface area contributed by atoms with Crippen LogP contribution in [-0.2, 0) is 0 Å². The average Bonchev–Trinajstić information content (AvgIpc) is 3.48. The van der Waals surface area contributed by atoms with E-state index in [1.807, 2.05) is 0 Å². The van der Waals surface area contributed by atoms with Crippen molar-refractivity contribution < 1.29 is 0 Å². The first-order valence-electron chi connectivity index (χ1n) is 25.7. The van der Waals surface area contributed by atoms with E-state index in [0.29, 0.717) is 0 Å². The van der Waals surface area contributed by atoms with Crippen LogP contribution < -0.4 is 0 Å². The van der Waals surface area contributed by atoms with Gasteiger partial charge in [0.25, 0.3) is 0 Å². The van der Waals surface area contributed by atoms with Gasteiger partial charge in [-0.2, -0.15) is 0 Å². The van der Waals surface area contributed by atoms with Crippen LogP contribution in [0.5, 0.6) is 0 Å². The molecule has 342 valence electrons. The molecule has 0 radical (unpaired) electrons. The molecule has 0 nitrogen and oxygen atoms in total. The fraction of sp³-hybridized carbons (Fsp3) is 0. The second kappa shape index (κ2) is 17.0. The van der Waals surface area contributed by atoms with E-state index in [4.69, 9.17) is 0 Å². The molecule has 74 heavy (non-hydrogen) atoms. The molecule has 0 heterocycles. The van der Waals surface area contributed by atoms with Gasteiger partial charge in [-0.05, 0) is 160 Å². The van der Waals surface area contributed by atoms with Crippen LogP contribution >= 0.6 is 0 Å². The van der Waals surface area contributed by atoms with E-state index in [9.17, 15) is 0 Å². The molecular formula is C74H46. The van der Waals surface area contributed by atoms with Crippen molar-refractivity contribution in [1.29, 1.82) is 0 Å². The van der Waals surface area contributed by atoms with Crippen molar-refractivity contribution in [2.75, 3.05) is 0 Å². The molecule has 15 rings (SSSR count). The molecule has 0 bridgehead atoms. The van der Waals surface area contributed by atoms with Gasteiger partial charge in [0, 0.05) is 0 Å². The smallest absolute Gasteiger partial charge is 0.00203 e. The summed E-state index contributed by atoms with van der Waals surface area (Å²) in [6.07, 6.45) is 0. The van der Waals surface area contributed by atoms with E-state index in [1.165, 1.54) is 154 Å². The summed E-state index contributed by atoms with van der Waals surface area (Å²) >= 11 is 0. The van der Waals surface area contributed by atoms with Crippen molar-refractivity contribution in [2.24, 2.45) is 0 Å². The molecule has 0 unspecified atom stereocenters. The molecule has 0 saturated carbocycles. The van der Waals surface area contributed by atoms with Crippen LogP contribution in [0.1, 0.15) is 0 Å². The SMILES string of the molecule is c1ccc(-c2ccc(-c3ccc4ccc5c(-c6ccc(-c7cccc(-c8ccc(-c9ccc%10ccc%11c(-c%12ccc(-c%13ccccc%13)cc%12)ccc%12ccc9c%10c%12%11)cc8)c7)cc6)ccc6ccc3c4c65)cc2)cc1. The van der Waals surface area contributed by atoms with E-state index < -0.39 is 0 Å². The molecule has 0 aromatic heterocycles. The Morgan fingerprint density at radius 3 is 0.635 bits per heavy atom. The lowest BCUT2D eigenvalue weighted by Crippen LogP contribution is -1.90. The normalized spacial score (nSPS) is 11.8. The second-order valence-electron chi connectivity index (χ2n) is 19.9. The van der Waals surface area contributed by atoms with Gasteiger partial charge in [0.1, 0.15) is 0 Å². The number of hydrogen-bond acceptors (Lipinski definition) is 0. The van der Waals surface area contributed by atoms with Crippen LogP contribution in [0, 0.1) is 0 Å². The minimum Gasteiger partial charge on any atom is -0.0622 e. The van der Waals surface area contributed by atoms with Crippen LogP contribution in [0.4, 0.5) is 0 Å². The zero-order valence-corrected chi connectivity index (χ0v) is 40.6. The highest BCUT2D eigenvalue weighted by molar-refractivity contribution is 6.29. The van der Waals surface area contributed by atoms with Gasteiger partial charge in [-0.15, -0.1) is 0 Å². The Kier molecular flexibility index (Phi) is 9.68. The Bertz CT molecular complexity index is 4270. The van der Waals surface area contributed by atoms with Gasteiger partial charge in [-0.3, -0.25) is 0 Å². The van der Waals surface area contributed by atoms with E-state index in [-0.39, 0.29) is 0 Å². The summed E-state index contributed by atoms with van der Waals surface area (Å²) in [7, 11) is 0. The van der Waals surface area contributed by atoms with E-state index in [2.05, 4.69) is 279 Å². The molecule has 0 amide bonds. The second-order valence-corrected chi connectivity index (χ2v) is 19.9.